The zero-order valence-corrected chi connectivity index (χ0v) is 7.59. The van der Waals surface area contributed by atoms with Crippen LogP contribution < -0.4 is 5.32 Å². The number of hydrogen-bond donors (Lipinski definition) is 1. The number of anilines is 1. The number of nitrogens with one attached hydrogen (secondary N) is 1. The molecule has 1 atom stereocenters. The van der Waals surface area contributed by atoms with Crippen LogP contribution in [0.25, 0.3) is 0 Å². The first-order valence-corrected chi connectivity index (χ1v) is 4.07. The minimum Gasteiger partial charge on any atom is -0.375 e. The lowest BCUT2D eigenvalue weighted by Gasteiger charge is -2.14. The van der Waals surface area contributed by atoms with Crippen molar-refractivity contribution in [1.29, 1.82) is 0 Å². The van der Waals surface area contributed by atoms with E-state index >= 15 is 0 Å². The Morgan fingerprint density at radius 3 is 2.69 bits per heavy atom. The second-order valence-electron chi connectivity index (χ2n) is 2.90. The fourth-order valence-corrected chi connectivity index (χ4v) is 0.945. The van der Waals surface area contributed by atoms with Gasteiger partial charge < -0.3 is 5.32 Å². The van der Waals surface area contributed by atoms with Crippen LogP contribution in [0.2, 0.25) is 0 Å². The summed E-state index contributed by atoms with van der Waals surface area (Å²) in [5, 5.41) is 2.70. The maximum atomic E-state index is 12.2. The largest absolute Gasteiger partial charge is 0.375 e. The summed E-state index contributed by atoms with van der Waals surface area (Å²) in [4.78, 5) is 3.98. The number of pyridine rings is 1. The van der Waals surface area contributed by atoms with E-state index < -0.39 is 12.5 Å². The molecule has 1 heterocycles. The van der Waals surface area contributed by atoms with Gasteiger partial charge in [0.05, 0.1) is 17.4 Å². The van der Waals surface area contributed by atoms with E-state index in [0.717, 1.165) is 5.69 Å². The van der Waals surface area contributed by atoms with Crippen LogP contribution in [-0.4, -0.2) is 17.5 Å². The molecule has 2 nitrogen and oxygen atoms in total. The zero-order valence-electron chi connectivity index (χ0n) is 7.59. The molecular formula is C9H12F2N2. The predicted molar refractivity (Wildman–Crippen MR) is 48.1 cm³/mol. The van der Waals surface area contributed by atoms with Gasteiger partial charge in [-0.2, -0.15) is 0 Å². The molecule has 1 N–H and O–H groups in total. The first-order valence-electron chi connectivity index (χ1n) is 4.07. The Labute approximate surface area is 76.0 Å². The number of rotatable bonds is 3. The van der Waals surface area contributed by atoms with Crippen molar-refractivity contribution in [2.24, 2.45) is 0 Å². The summed E-state index contributed by atoms with van der Waals surface area (Å²) < 4.78 is 24.3. The Kier molecular flexibility index (Phi) is 3.17. The van der Waals surface area contributed by atoms with Gasteiger partial charge >= 0.3 is 0 Å². The molecule has 4 heteroatoms. The van der Waals surface area contributed by atoms with E-state index in [-0.39, 0.29) is 0 Å². The van der Waals surface area contributed by atoms with Crippen molar-refractivity contribution in [1.82, 2.24) is 4.98 Å². The van der Waals surface area contributed by atoms with Gasteiger partial charge in [0.2, 0.25) is 0 Å². The molecule has 1 aromatic heterocycles. The normalized spacial score (nSPS) is 13.0. The van der Waals surface area contributed by atoms with Gasteiger partial charge in [0.25, 0.3) is 6.43 Å². The Morgan fingerprint density at radius 2 is 2.15 bits per heavy atom. The highest BCUT2D eigenvalue weighted by Gasteiger charge is 2.14. The van der Waals surface area contributed by atoms with E-state index in [9.17, 15) is 8.78 Å². The molecule has 0 saturated heterocycles. The average Bonchev–Trinajstić information content (AvgIpc) is 2.08. The summed E-state index contributed by atoms with van der Waals surface area (Å²) >= 11 is 0. The molecule has 13 heavy (non-hydrogen) atoms. The number of aryl methyl sites for hydroxylation is 1. The summed E-state index contributed by atoms with van der Waals surface area (Å²) in [7, 11) is 0. The lowest BCUT2D eigenvalue weighted by atomic mass is 10.2. The molecular weight excluding hydrogens is 174 g/mol. The van der Waals surface area contributed by atoms with Gasteiger partial charge in [-0.15, -0.1) is 0 Å². The Morgan fingerprint density at radius 1 is 1.46 bits per heavy atom. The third-order valence-corrected chi connectivity index (χ3v) is 1.77. The molecule has 0 radical (unpaired) electrons. The van der Waals surface area contributed by atoms with Crippen molar-refractivity contribution in [3.63, 3.8) is 0 Å². The Bertz CT molecular complexity index is 276. The molecule has 0 aliphatic heterocycles. The average molecular weight is 186 g/mol. The first kappa shape index (κ1) is 9.89. The SMILES string of the molecule is Cc1ncccc1NC(C)C(F)F. The second kappa shape index (κ2) is 4.16. The second-order valence-corrected chi connectivity index (χ2v) is 2.90. The van der Waals surface area contributed by atoms with Crippen LogP contribution in [0.3, 0.4) is 0 Å². The molecule has 1 unspecified atom stereocenters. The third-order valence-electron chi connectivity index (χ3n) is 1.77. The van der Waals surface area contributed by atoms with E-state index in [2.05, 4.69) is 10.3 Å². The number of halogens is 2. The van der Waals surface area contributed by atoms with E-state index in [1.54, 1.807) is 25.3 Å². The molecule has 0 amide bonds. The zero-order chi connectivity index (χ0) is 9.84. The van der Waals surface area contributed by atoms with Gasteiger partial charge in [-0.3, -0.25) is 4.98 Å². The van der Waals surface area contributed by atoms with Crippen LogP contribution in [-0.2, 0) is 0 Å². The minimum atomic E-state index is -2.36. The maximum Gasteiger partial charge on any atom is 0.258 e. The predicted octanol–water partition coefficient (Wildman–Crippen LogP) is 2.46. The smallest absolute Gasteiger partial charge is 0.258 e. The van der Waals surface area contributed by atoms with Crippen molar-refractivity contribution in [3.8, 4) is 0 Å². The molecule has 1 aromatic rings. The van der Waals surface area contributed by atoms with Crippen molar-refractivity contribution in [2.75, 3.05) is 5.32 Å². The van der Waals surface area contributed by atoms with Crippen LogP contribution in [0.1, 0.15) is 12.6 Å². The van der Waals surface area contributed by atoms with Gasteiger partial charge in [0, 0.05) is 6.20 Å². The fraction of sp³-hybridized carbons (Fsp3) is 0.444. The molecule has 1 rings (SSSR count). The molecule has 0 bridgehead atoms. The fourth-order valence-electron chi connectivity index (χ4n) is 0.945. The summed E-state index contributed by atoms with van der Waals surface area (Å²) in [6.07, 6.45) is -0.729. The molecule has 0 fully saturated rings. The number of nitrogens with zero attached hydrogens (tertiary/aromatic N) is 1. The lowest BCUT2D eigenvalue weighted by molar-refractivity contribution is 0.130. The van der Waals surface area contributed by atoms with Crippen LogP contribution >= 0.6 is 0 Å². The van der Waals surface area contributed by atoms with E-state index in [1.807, 2.05) is 0 Å². The quantitative estimate of drug-likeness (QED) is 0.784. The minimum absolute atomic E-state index is 0.662. The molecule has 0 saturated carbocycles. The van der Waals surface area contributed by atoms with E-state index in [1.165, 1.54) is 6.92 Å². The summed E-state index contributed by atoms with van der Waals surface area (Å²) in [5.41, 5.74) is 1.39. The monoisotopic (exact) mass is 186 g/mol. The van der Waals surface area contributed by atoms with E-state index in [4.69, 9.17) is 0 Å². The lowest BCUT2D eigenvalue weighted by Crippen LogP contribution is -2.24. The molecule has 0 aliphatic rings. The van der Waals surface area contributed by atoms with Crippen molar-refractivity contribution < 1.29 is 8.78 Å². The summed E-state index contributed by atoms with van der Waals surface area (Å²) in [5.74, 6) is 0. The third kappa shape index (κ3) is 2.65. The highest BCUT2D eigenvalue weighted by atomic mass is 19.3. The molecule has 0 aliphatic carbocycles. The van der Waals surface area contributed by atoms with Crippen LogP contribution in [0, 0.1) is 6.92 Å². The summed E-state index contributed by atoms with van der Waals surface area (Å²) in [6.45, 7) is 3.22. The Balaban J connectivity index is 2.69. The topological polar surface area (TPSA) is 24.9 Å². The number of aromatic nitrogens is 1. The van der Waals surface area contributed by atoms with Crippen LogP contribution in [0.5, 0.6) is 0 Å². The maximum absolute atomic E-state index is 12.2. The van der Waals surface area contributed by atoms with E-state index in [0.29, 0.717) is 5.69 Å². The number of hydrogen-bond acceptors (Lipinski definition) is 2. The highest BCUT2D eigenvalue weighted by molar-refractivity contribution is 5.47. The van der Waals surface area contributed by atoms with Crippen molar-refractivity contribution >= 4 is 5.69 Å². The Hall–Kier alpha value is -1.19. The molecule has 0 spiro atoms. The highest BCUT2D eigenvalue weighted by Crippen LogP contribution is 2.14. The van der Waals surface area contributed by atoms with Gasteiger partial charge in [-0.05, 0) is 26.0 Å². The van der Waals surface area contributed by atoms with Gasteiger partial charge in [-0.1, -0.05) is 0 Å². The molecule has 72 valence electrons. The van der Waals surface area contributed by atoms with Crippen LogP contribution in [0.4, 0.5) is 14.5 Å². The van der Waals surface area contributed by atoms with Crippen LogP contribution in [0.15, 0.2) is 18.3 Å². The molecule has 0 aromatic carbocycles. The van der Waals surface area contributed by atoms with Gasteiger partial charge in [0.1, 0.15) is 0 Å². The van der Waals surface area contributed by atoms with Crippen molar-refractivity contribution in [3.05, 3.63) is 24.0 Å². The summed E-state index contributed by atoms with van der Waals surface area (Å²) in [6, 6.07) is 2.61. The first-order chi connectivity index (χ1) is 6.11. The standard InChI is InChI=1S/C9H12F2N2/c1-6-8(4-3-5-12-6)13-7(2)9(10)11/h3-5,7,9,13H,1-2H3. The van der Waals surface area contributed by atoms with Gasteiger partial charge in [-0.25, -0.2) is 8.78 Å². The number of alkyl halides is 2. The van der Waals surface area contributed by atoms with Crippen molar-refractivity contribution in [2.45, 2.75) is 26.3 Å². The van der Waals surface area contributed by atoms with Gasteiger partial charge in [0.15, 0.2) is 0 Å².